The van der Waals surface area contributed by atoms with Gasteiger partial charge in [-0.2, -0.15) is 0 Å². The summed E-state index contributed by atoms with van der Waals surface area (Å²) >= 11 is 0. The number of carbonyl (C=O) groups excluding carboxylic acids is 3. The van der Waals surface area contributed by atoms with Gasteiger partial charge in [0, 0.05) is 6.42 Å². The Labute approximate surface area is 128 Å². The van der Waals surface area contributed by atoms with E-state index in [-0.39, 0.29) is 6.42 Å². The molecule has 3 amide bonds. The number of carbonyl (C=O) groups is 3. The molecule has 118 valence electrons. The van der Waals surface area contributed by atoms with Crippen LogP contribution in [-0.2, 0) is 20.7 Å². The molecule has 0 saturated carbocycles. The Bertz CT molecular complexity index is 616. The van der Waals surface area contributed by atoms with E-state index in [4.69, 9.17) is 4.74 Å². The van der Waals surface area contributed by atoms with Crippen LogP contribution < -0.4 is 10.1 Å². The van der Waals surface area contributed by atoms with Crippen molar-refractivity contribution in [3.05, 3.63) is 29.8 Å². The lowest BCUT2D eigenvalue weighted by atomic mass is 9.92. The average molecular weight is 306 g/mol. The van der Waals surface area contributed by atoms with Crippen molar-refractivity contribution in [3.63, 3.8) is 0 Å². The number of ether oxygens (including phenoxy) is 2. The summed E-state index contributed by atoms with van der Waals surface area (Å²) < 4.78 is 9.76. The molecular formula is C15H18N2O5. The van der Waals surface area contributed by atoms with E-state index < -0.39 is 30.0 Å². The molecule has 1 heterocycles. The second-order valence-corrected chi connectivity index (χ2v) is 5.22. The smallest absolute Gasteiger partial charge is 0.325 e. The van der Waals surface area contributed by atoms with Gasteiger partial charge < -0.3 is 14.8 Å². The summed E-state index contributed by atoms with van der Waals surface area (Å²) in [7, 11) is 2.74. The third-order valence-electron chi connectivity index (χ3n) is 3.60. The number of benzene rings is 1. The molecule has 1 saturated heterocycles. The van der Waals surface area contributed by atoms with Crippen molar-refractivity contribution in [1.29, 1.82) is 0 Å². The fraction of sp³-hybridized carbons (Fsp3) is 0.400. The third kappa shape index (κ3) is 2.88. The van der Waals surface area contributed by atoms with Crippen LogP contribution in [0.2, 0.25) is 0 Å². The number of nitrogens with zero attached hydrogens (tertiary/aromatic N) is 1. The van der Waals surface area contributed by atoms with Gasteiger partial charge in [-0.25, -0.2) is 4.79 Å². The van der Waals surface area contributed by atoms with E-state index in [0.29, 0.717) is 5.75 Å². The second kappa shape index (κ2) is 6.05. The van der Waals surface area contributed by atoms with Crippen molar-refractivity contribution in [1.82, 2.24) is 10.2 Å². The topological polar surface area (TPSA) is 84.9 Å². The van der Waals surface area contributed by atoms with Crippen LogP contribution in [0.25, 0.3) is 0 Å². The van der Waals surface area contributed by atoms with E-state index in [1.807, 2.05) is 18.2 Å². The van der Waals surface area contributed by atoms with Crippen molar-refractivity contribution in [2.24, 2.45) is 0 Å². The van der Waals surface area contributed by atoms with Gasteiger partial charge in [-0.15, -0.1) is 0 Å². The van der Waals surface area contributed by atoms with Gasteiger partial charge in [0.25, 0.3) is 5.91 Å². The molecule has 0 unspecified atom stereocenters. The maximum atomic E-state index is 12.5. The summed E-state index contributed by atoms with van der Waals surface area (Å²) in [5.41, 5.74) is -0.333. The zero-order valence-corrected chi connectivity index (χ0v) is 12.7. The van der Waals surface area contributed by atoms with Crippen LogP contribution in [0.3, 0.4) is 0 Å². The maximum Gasteiger partial charge on any atom is 0.325 e. The van der Waals surface area contributed by atoms with E-state index >= 15 is 0 Å². The van der Waals surface area contributed by atoms with Crippen LogP contribution in [0.1, 0.15) is 12.5 Å². The van der Waals surface area contributed by atoms with Gasteiger partial charge in [0.2, 0.25) is 0 Å². The number of nitrogens with one attached hydrogen (secondary N) is 1. The number of hydrogen-bond donors (Lipinski definition) is 1. The SMILES string of the molecule is COC(=O)CN1C(=O)N[C@@](C)(Cc2ccccc2OC)C1=O. The zero-order chi connectivity index (χ0) is 16.3. The quantitative estimate of drug-likeness (QED) is 0.640. The first-order valence-corrected chi connectivity index (χ1v) is 6.74. The highest BCUT2D eigenvalue weighted by atomic mass is 16.5. The van der Waals surface area contributed by atoms with E-state index in [1.54, 1.807) is 20.1 Å². The molecule has 7 nitrogen and oxygen atoms in total. The molecule has 0 spiro atoms. The van der Waals surface area contributed by atoms with Gasteiger partial charge in [0.1, 0.15) is 17.8 Å². The fourth-order valence-corrected chi connectivity index (χ4v) is 2.43. The van der Waals surface area contributed by atoms with Crippen molar-refractivity contribution in [3.8, 4) is 5.75 Å². The molecule has 2 rings (SSSR count). The van der Waals surface area contributed by atoms with Crippen LogP contribution in [0.4, 0.5) is 4.79 Å². The Morgan fingerprint density at radius 1 is 1.27 bits per heavy atom. The van der Waals surface area contributed by atoms with Gasteiger partial charge in [-0.3, -0.25) is 14.5 Å². The Balaban J connectivity index is 2.22. The first kappa shape index (κ1) is 15.8. The average Bonchev–Trinajstić information content (AvgIpc) is 2.71. The number of amides is 3. The summed E-state index contributed by atoms with van der Waals surface area (Å²) in [6.45, 7) is 1.22. The minimum Gasteiger partial charge on any atom is -0.496 e. The molecule has 22 heavy (non-hydrogen) atoms. The summed E-state index contributed by atoms with van der Waals surface area (Å²) in [4.78, 5) is 36.6. The van der Waals surface area contributed by atoms with E-state index in [0.717, 1.165) is 10.5 Å². The van der Waals surface area contributed by atoms with Gasteiger partial charge >= 0.3 is 12.0 Å². The van der Waals surface area contributed by atoms with E-state index in [1.165, 1.54) is 7.11 Å². The summed E-state index contributed by atoms with van der Waals surface area (Å²) in [6.07, 6.45) is 0.263. The lowest BCUT2D eigenvalue weighted by molar-refractivity contribution is -0.145. The molecule has 1 aliphatic rings. The largest absolute Gasteiger partial charge is 0.496 e. The van der Waals surface area contributed by atoms with Crippen LogP contribution in [0.5, 0.6) is 5.75 Å². The zero-order valence-electron chi connectivity index (χ0n) is 12.7. The first-order valence-electron chi connectivity index (χ1n) is 6.74. The Hall–Kier alpha value is -2.57. The van der Waals surface area contributed by atoms with Crippen LogP contribution in [-0.4, -0.2) is 49.1 Å². The molecule has 0 aromatic heterocycles. The van der Waals surface area contributed by atoms with Gasteiger partial charge in [-0.05, 0) is 18.6 Å². The van der Waals surface area contributed by atoms with Crippen molar-refractivity contribution >= 4 is 17.9 Å². The molecule has 1 atom stereocenters. The Morgan fingerprint density at radius 3 is 2.59 bits per heavy atom. The lowest BCUT2D eigenvalue weighted by Crippen LogP contribution is -2.46. The fourth-order valence-electron chi connectivity index (χ4n) is 2.43. The number of methoxy groups -OCH3 is 2. The van der Waals surface area contributed by atoms with Gasteiger partial charge in [0.15, 0.2) is 0 Å². The molecule has 7 heteroatoms. The number of imide groups is 1. The molecule has 1 aliphatic heterocycles. The summed E-state index contributed by atoms with van der Waals surface area (Å²) in [6, 6.07) is 6.66. The second-order valence-electron chi connectivity index (χ2n) is 5.22. The van der Waals surface area contributed by atoms with Crippen LogP contribution in [0.15, 0.2) is 24.3 Å². The normalized spacial score (nSPS) is 20.8. The molecule has 1 fully saturated rings. The number of para-hydroxylation sites is 1. The minimum atomic E-state index is -1.13. The molecular weight excluding hydrogens is 288 g/mol. The van der Waals surface area contributed by atoms with Crippen molar-refractivity contribution in [2.45, 2.75) is 18.9 Å². The van der Waals surface area contributed by atoms with Crippen LogP contribution in [0, 0.1) is 0 Å². The van der Waals surface area contributed by atoms with Crippen molar-refractivity contribution in [2.75, 3.05) is 20.8 Å². The third-order valence-corrected chi connectivity index (χ3v) is 3.60. The highest BCUT2D eigenvalue weighted by molar-refractivity contribution is 6.08. The van der Waals surface area contributed by atoms with Crippen LogP contribution >= 0.6 is 0 Å². The number of urea groups is 1. The number of hydrogen-bond acceptors (Lipinski definition) is 5. The minimum absolute atomic E-state index is 0.263. The summed E-state index contributed by atoms with van der Waals surface area (Å²) in [5.74, 6) is -0.476. The van der Waals surface area contributed by atoms with Gasteiger partial charge in [0.05, 0.1) is 14.2 Å². The highest BCUT2D eigenvalue weighted by Crippen LogP contribution is 2.27. The molecule has 1 aromatic rings. The predicted molar refractivity (Wildman–Crippen MR) is 77.4 cm³/mol. The predicted octanol–water partition coefficient (Wildman–Crippen LogP) is 0.721. The van der Waals surface area contributed by atoms with E-state index in [2.05, 4.69) is 10.1 Å². The summed E-state index contributed by atoms with van der Waals surface area (Å²) in [5, 5.41) is 2.63. The van der Waals surface area contributed by atoms with E-state index in [9.17, 15) is 14.4 Å². The molecule has 1 N–H and O–H groups in total. The monoisotopic (exact) mass is 306 g/mol. The number of esters is 1. The maximum absolute atomic E-state index is 12.5. The van der Waals surface area contributed by atoms with Gasteiger partial charge in [-0.1, -0.05) is 18.2 Å². The lowest BCUT2D eigenvalue weighted by Gasteiger charge is -2.22. The molecule has 0 radical (unpaired) electrons. The van der Waals surface area contributed by atoms with Crippen molar-refractivity contribution < 1.29 is 23.9 Å². The first-order chi connectivity index (χ1) is 10.4. The molecule has 0 aliphatic carbocycles. The number of rotatable bonds is 5. The highest BCUT2D eigenvalue weighted by Gasteiger charge is 2.48. The Kier molecular flexibility index (Phi) is 4.35. The molecule has 1 aromatic carbocycles. The molecule has 0 bridgehead atoms. The Morgan fingerprint density at radius 2 is 1.95 bits per heavy atom. The standard InChI is InChI=1S/C15H18N2O5/c1-15(8-10-6-4-5-7-11(10)21-2)13(19)17(14(20)16-15)9-12(18)22-3/h4-7H,8-9H2,1-3H3,(H,16,20)/t15-/m0/s1.